The molecule has 2 atom stereocenters. The monoisotopic (exact) mass is 432 g/mol. The van der Waals surface area contributed by atoms with E-state index in [0.29, 0.717) is 12.1 Å². The number of guanidine groups is 1. The van der Waals surface area contributed by atoms with Crippen LogP contribution >= 0.6 is 0 Å². The molecular weight excluding hydrogens is 392 g/mol. The van der Waals surface area contributed by atoms with E-state index in [4.69, 9.17) is 14.5 Å². The quantitative estimate of drug-likeness (QED) is 0.471. The number of piperazine rings is 1. The van der Waals surface area contributed by atoms with Gasteiger partial charge in [-0.05, 0) is 45.1 Å². The summed E-state index contributed by atoms with van der Waals surface area (Å²) >= 11 is 0. The summed E-state index contributed by atoms with van der Waals surface area (Å²) in [7, 11) is 7.78. The third-order valence-electron chi connectivity index (χ3n) is 6.22. The van der Waals surface area contributed by atoms with Crippen molar-refractivity contribution in [1.29, 1.82) is 0 Å². The lowest BCUT2D eigenvalue weighted by Crippen LogP contribution is -2.52. The maximum Gasteiger partial charge on any atom is 0.191 e. The minimum Gasteiger partial charge on any atom is -0.497 e. The number of ether oxygens (including phenoxy) is 2. The molecule has 2 aliphatic rings. The fraction of sp³-hybridized carbons (Fsp3) is 0.696. The number of likely N-dealkylation sites (tertiary alicyclic amines) is 1. The average molecular weight is 433 g/mol. The first-order chi connectivity index (χ1) is 15.0. The fourth-order valence-electron chi connectivity index (χ4n) is 4.32. The van der Waals surface area contributed by atoms with Crippen molar-refractivity contribution in [1.82, 2.24) is 25.3 Å². The lowest BCUT2D eigenvalue weighted by Gasteiger charge is -2.37. The first-order valence-corrected chi connectivity index (χ1v) is 11.4. The van der Waals surface area contributed by atoms with Gasteiger partial charge in [0, 0.05) is 64.0 Å². The number of nitrogens with one attached hydrogen (secondary N) is 2. The Bertz CT molecular complexity index is 706. The van der Waals surface area contributed by atoms with Crippen LogP contribution in [0.5, 0.6) is 11.5 Å². The second-order valence-corrected chi connectivity index (χ2v) is 8.70. The number of methoxy groups -OCH3 is 2. The molecule has 2 heterocycles. The minimum absolute atomic E-state index is 0.400. The van der Waals surface area contributed by atoms with E-state index < -0.39 is 0 Å². The zero-order valence-electron chi connectivity index (χ0n) is 19.9. The summed E-state index contributed by atoms with van der Waals surface area (Å²) in [5, 5.41) is 7.08. The highest BCUT2D eigenvalue weighted by molar-refractivity contribution is 5.80. The van der Waals surface area contributed by atoms with Gasteiger partial charge in [-0.3, -0.25) is 14.8 Å². The van der Waals surface area contributed by atoms with Gasteiger partial charge in [0.2, 0.25) is 0 Å². The van der Waals surface area contributed by atoms with Crippen LogP contribution in [0.2, 0.25) is 0 Å². The largest absolute Gasteiger partial charge is 0.497 e. The molecule has 2 unspecified atom stereocenters. The minimum atomic E-state index is 0.400. The zero-order valence-corrected chi connectivity index (χ0v) is 19.9. The van der Waals surface area contributed by atoms with Crippen molar-refractivity contribution >= 4 is 5.96 Å². The van der Waals surface area contributed by atoms with E-state index in [1.54, 1.807) is 14.2 Å². The van der Waals surface area contributed by atoms with Gasteiger partial charge in [0.15, 0.2) is 5.96 Å². The Morgan fingerprint density at radius 3 is 2.48 bits per heavy atom. The SMILES string of the molecule is CCNC(=NCC1CN(C)CCN1C)NC1CCN(Cc2cc(OC)cc(OC)c2)C1. The molecule has 0 saturated carbocycles. The highest BCUT2D eigenvalue weighted by Crippen LogP contribution is 2.24. The molecule has 0 aromatic heterocycles. The molecule has 3 rings (SSSR count). The van der Waals surface area contributed by atoms with Crippen molar-refractivity contribution in [3.63, 3.8) is 0 Å². The van der Waals surface area contributed by atoms with Crippen molar-refractivity contribution in [3.05, 3.63) is 23.8 Å². The van der Waals surface area contributed by atoms with Crippen LogP contribution in [-0.4, -0.2) is 107 Å². The van der Waals surface area contributed by atoms with E-state index in [-0.39, 0.29) is 0 Å². The maximum atomic E-state index is 5.41. The zero-order chi connectivity index (χ0) is 22.2. The second kappa shape index (κ2) is 11.5. The Kier molecular flexibility index (Phi) is 8.80. The second-order valence-electron chi connectivity index (χ2n) is 8.70. The maximum absolute atomic E-state index is 5.41. The summed E-state index contributed by atoms with van der Waals surface area (Å²) in [5.74, 6) is 2.60. The summed E-state index contributed by atoms with van der Waals surface area (Å²) in [4.78, 5) is 12.2. The molecule has 2 fully saturated rings. The summed E-state index contributed by atoms with van der Waals surface area (Å²) in [6.45, 7) is 10.1. The van der Waals surface area contributed by atoms with Crippen LogP contribution in [0, 0.1) is 0 Å². The number of likely N-dealkylation sites (N-methyl/N-ethyl adjacent to an activating group) is 2. The van der Waals surface area contributed by atoms with Gasteiger partial charge in [-0.1, -0.05) is 0 Å². The van der Waals surface area contributed by atoms with Crippen LogP contribution in [0.15, 0.2) is 23.2 Å². The molecule has 8 nitrogen and oxygen atoms in total. The van der Waals surface area contributed by atoms with E-state index in [9.17, 15) is 0 Å². The Morgan fingerprint density at radius 2 is 1.81 bits per heavy atom. The van der Waals surface area contributed by atoms with Gasteiger partial charge in [0.25, 0.3) is 0 Å². The van der Waals surface area contributed by atoms with Gasteiger partial charge < -0.3 is 25.0 Å². The molecule has 0 spiro atoms. The number of benzene rings is 1. The van der Waals surface area contributed by atoms with Gasteiger partial charge in [0.05, 0.1) is 20.8 Å². The molecule has 174 valence electrons. The average Bonchev–Trinajstić information content (AvgIpc) is 3.20. The third kappa shape index (κ3) is 6.98. The molecule has 8 heteroatoms. The predicted molar refractivity (Wildman–Crippen MR) is 126 cm³/mol. The first-order valence-electron chi connectivity index (χ1n) is 11.4. The van der Waals surface area contributed by atoms with E-state index >= 15 is 0 Å². The van der Waals surface area contributed by atoms with Crippen molar-refractivity contribution in [2.45, 2.75) is 32.0 Å². The molecule has 1 aromatic rings. The molecular formula is C23H40N6O2. The van der Waals surface area contributed by atoms with Crippen LogP contribution in [0.3, 0.4) is 0 Å². The van der Waals surface area contributed by atoms with E-state index in [1.807, 2.05) is 6.07 Å². The van der Waals surface area contributed by atoms with E-state index in [1.165, 1.54) is 5.56 Å². The lowest BCUT2D eigenvalue weighted by molar-refractivity contribution is 0.119. The molecule has 2 aliphatic heterocycles. The van der Waals surface area contributed by atoms with Gasteiger partial charge >= 0.3 is 0 Å². The number of rotatable bonds is 8. The standard InChI is InChI=1S/C23H40N6O2/c1-6-24-23(25-14-20-17-27(2)9-10-28(20)3)26-19-7-8-29(16-19)15-18-11-21(30-4)13-22(12-18)31-5/h11-13,19-20H,6-10,14-17H2,1-5H3,(H2,24,25,26). The van der Waals surface area contributed by atoms with Gasteiger partial charge in [-0.25, -0.2) is 0 Å². The van der Waals surface area contributed by atoms with Gasteiger partial charge in [0.1, 0.15) is 11.5 Å². The van der Waals surface area contributed by atoms with Crippen LogP contribution < -0.4 is 20.1 Å². The van der Waals surface area contributed by atoms with Crippen LogP contribution in [0.25, 0.3) is 0 Å². The van der Waals surface area contributed by atoms with Crippen LogP contribution in [0.4, 0.5) is 0 Å². The number of hydrogen-bond donors (Lipinski definition) is 2. The van der Waals surface area contributed by atoms with Crippen molar-refractivity contribution in [2.75, 3.05) is 74.1 Å². The molecule has 2 N–H and O–H groups in total. The van der Waals surface area contributed by atoms with Gasteiger partial charge in [-0.15, -0.1) is 0 Å². The van der Waals surface area contributed by atoms with Gasteiger partial charge in [-0.2, -0.15) is 0 Å². The Hall–Kier alpha value is -2.03. The number of aliphatic imine (C=N–C) groups is 1. The van der Waals surface area contributed by atoms with E-state index in [0.717, 1.165) is 76.2 Å². The topological polar surface area (TPSA) is 64.6 Å². The smallest absolute Gasteiger partial charge is 0.191 e. The van der Waals surface area contributed by atoms with Crippen LogP contribution in [-0.2, 0) is 6.54 Å². The number of nitrogens with zero attached hydrogens (tertiary/aromatic N) is 4. The summed E-state index contributed by atoms with van der Waals surface area (Å²) in [6.07, 6.45) is 1.11. The fourth-order valence-corrected chi connectivity index (χ4v) is 4.32. The summed E-state index contributed by atoms with van der Waals surface area (Å²) in [6, 6.07) is 6.96. The molecule has 0 bridgehead atoms. The Balaban J connectivity index is 1.54. The summed E-state index contributed by atoms with van der Waals surface area (Å²) in [5.41, 5.74) is 1.21. The molecule has 2 saturated heterocycles. The Labute approximate surface area is 187 Å². The van der Waals surface area contributed by atoms with Crippen molar-refractivity contribution in [3.8, 4) is 11.5 Å². The Morgan fingerprint density at radius 1 is 1.06 bits per heavy atom. The molecule has 0 radical (unpaired) electrons. The predicted octanol–water partition coefficient (Wildman–Crippen LogP) is 1.08. The van der Waals surface area contributed by atoms with Crippen molar-refractivity contribution in [2.24, 2.45) is 4.99 Å². The van der Waals surface area contributed by atoms with Crippen LogP contribution in [0.1, 0.15) is 18.9 Å². The van der Waals surface area contributed by atoms with Crippen molar-refractivity contribution < 1.29 is 9.47 Å². The molecule has 0 aliphatic carbocycles. The van der Waals surface area contributed by atoms with E-state index in [2.05, 4.69) is 58.5 Å². The lowest BCUT2D eigenvalue weighted by atomic mass is 10.2. The highest BCUT2D eigenvalue weighted by atomic mass is 16.5. The molecule has 31 heavy (non-hydrogen) atoms. The molecule has 0 amide bonds. The number of hydrogen-bond acceptors (Lipinski definition) is 6. The summed E-state index contributed by atoms with van der Waals surface area (Å²) < 4.78 is 10.8. The molecule has 1 aromatic carbocycles. The normalized spacial score (nSPS) is 23.7. The first kappa shape index (κ1) is 23.6. The third-order valence-corrected chi connectivity index (χ3v) is 6.22. The highest BCUT2D eigenvalue weighted by Gasteiger charge is 2.25.